The maximum atomic E-state index is 2.44. The number of rotatable bonds is 3. The predicted octanol–water partition coefficient (Wildman–Crippen LogP) is 4.83. The highest BCUT2D eigenvalue weighted by molar-refractivity contribution is 5.26. The Morgan fingerprint density at radius 1 is 1.00 bits per heavy atom. The molecule has 0 aromatic rings. The summed E-state index contributed by atoms with van der Waals surface area (Å²) in [6, 6.07) is 0. The van der Waals surface area contributed by atoms with E-state index in [9.17, 15) is 0 Å². The summed E-state index contributed by atoms with van der Waals surface area (Å²) in [4.78, 5) is 0. The normalized spacial score (nSPS) is 20.2. The largest absolute Gasteiger partial charge is 0.0775 e. The van der Waals surface area contributed by atoms with Gasteiger partial charge in [0.25, 0.3) is 0 Å². The van der Waals surface area contributed by atoms with Crippen LogP contribution in [0.4, 0.5) is 0 Å². The minimum atomic E-state index is 0.383. The van der Waals surface area contributed by atoms with E-state index in [0.29, 0.717) is 11.3 Å². The van der Waals surface area contributed by atoms with Crippen molar-refractivity contribution in [3.63, 3.8) is 0 Å². The molecule has 0 nitrogen and oxygen atoms in total. The lowest BCUT2D eigenvalue weighted by molar-refractivity contribution is 0.171. The fourth-order valence-electron chi connectivity index (χ4n) is 2.68. The Balaban J connectivity index is 2.97. The van der Waals surface area contributed by atoms with Gasteiger partial charge in [-0.05, 0) is 29.6 Å². The van der Waals surface area contributed by atoms with Crippen molar-refractivity contribution < 1.29 is 0 Å². The van der Waals surface area contributed by atoms with Gasteiger partial charge in [0.2, 0.25) is 0 Å². The fourth-order valence-corrected chi connectivity index (χ4v) is 2.68. The smallest absolute Gasteiger partial charge is 0.00318 e. The van der Waals surface area contributed by atoms with Crippen LogP contribution in [0.2, 0.25) is 0 Å². The van der Waals surface area contributed by atoms with Crippen LogP contribution in [-0.2, 0) is 0 Å². The second-order valence-electron chi connectivity index (χ2n) is 5.85. The van der Waals surface area contributed by atoms with E-state index in [1.54, 1.807) is 5.57 Å². The molecule has 0 aromatic heterocycles. The van der Waals surface area contributed by atoms with Gasteiger partial charge in [-0.25, -0.2) is 0 Å². The third-order valence-electron chi connectivity index (χ3n) is 4.12. The maximum Gasteiger partial charge on any atom is -0.00318 e. The Hall–Kier alpha value is -0.520. The Labute approximate surface area is 95.5 Å². The summed E-state index contributed by atoms with van der Waals surface area (Å²) >= 11 is 0. The molecule has 0 unspecified atom stereocenters. The third kappa shape index (κ3) is 2.35. The fraction of sp³-hybridized carbons (Fsp3) is 0.733. The monoisotopic (exact) mass is 206 g/mol. The quantitative estimate of drug-likeness (QED) is 0.620. The summed E-state index contributed by atoms with van der Waals surface area (Å²) in [5.41, 5.74) is 1.99. The Morgan fingerprint density at radius 2 is 1.53 bits per heavy atom. The highest BCUT2D eigenvalue weighted by atomic mass is 14.4. The second kappa shape index (κ2) is 4.55. The van der Waals surface area contributed by atoms with E-state index in [0.717, 1.165) is 11.8 Å². The first-order chi connectivity index (χ1) is 6.90. The molecule has 0 radical (unpaired) electrons. The van der Waals surface area contributed by atoms with Crippen LogP contribution in [0.15, 0.2) is 23.8 Å². The zero-order chi connectivity index (χ0) is 11.6. The molecule has 0 spiro atoms. The summed E-state index contributed by atoms with van der Waals surface area (Å²) in [6.45, 7) is 14.0. The van der Waals surface area contributed by atoms with E-state index >= 15 is 0 Å². The zero-order valence-corrected chi connectivity index (χ0v) is 11.2. The molecule has 15 heavy (non-hydrogen) atoms. The molecule has 0 N–H and O–H groups in total. The van der Waals surface area contributed by atoms with Crippen LogP contribution < -0.4 is 0 Å². The molecule has 0 atom stereocenters. The van der Waals surface area contributed by atoms with E-state index in [-0.39, 0.29) is 0 Å². The molecule has 0 aliphatic heterocycles. The number of hydrogen-bond donors (Lipinski definition) is 0. The van der Waals surface area contributed by atoms with E-state index in [1.807, 2.05) is 0 Å². The molecular weight excluding hydrogens is 180 g/mol. The van der Waals surface area contributed by atoms with Crippen LogP contribution in [0.25, 0.3) is 0 Å². The van der Waals surface area contributed by atoms with Crippen LogP contribution in [0.5, 0.6) is 0 Å². The molecule has 0 bridgehead atoms. The summed E-state index contributed by atoms with van der Waals surface area (Å²) in [5.74, 6) is 2.12. The summed E-state index contributed by atoms with van der Waals surface area (Å²) in [5, 5.41) is 0. The van der Waals surface area contributed by atoms with Gasteiger partial charge in [-0.3, -0.25) is 0 Å². The summed E-state index contributed by atoms with van der Waals surface area (Å²) in [7, 11) is 0. The first-order valence-corrected chi connectivity index (χ1v) is 6.28. The Kier molecular flexibility index (Phi) is 3.81. The van der Waals surface area contributed by atoms with Crippen molar-refractivity contribution in [3.05, 3.63) is 23.8 Å². The van der Waals surface area contributed by atoms with E-state index in [1.165, 1.54) is 6.42 Å². The standard InChI is InChI=1S/C15H26/c1-11(2)14-8-7-9-15(10-14,12(3)4)13(5)6/h7-9,11-13H,10H2,1-6H3. The number of hydrogen-bond acceptors (Lipinski definition) is 0. The van der Waals surface area contributed by atoms with E-state index in [2.05, 4.69) is 59.8 Å². The lowest BCUT2D eigenvalue weighted by Crippen LogP contribution is -2.33. The lowest BCUT2D eigenvalue weighted by atomic mass is 9.63. The Bertz CT molecular complexity index is 256. The SMILES string of the molecule is CC(C)C1=CC=CC(C(C)C)(C(C)C)C1. The summed E-state index contributed by atoms with van der Waals surface area (Å²) < 4.78 is 0. The molecule has 1 aliphatic carbocycles. The van der Waals surface area contributed by atoms with Gasteiger partial charge in [0, 0.05) is 0 Å². The average Bonchev–Trinajstić information content (AvgIpc) is 2.17. The molecule has 0 fully saturated rings. The second-order valence-corrected chi connectivity index (χ2v) is 5.85. The average molecular weight is 206 g/mol. The van der Waals surface area contributed by atoms with E-state index in [4.69, 9.17) is 0 Å². The van der Waals surface area contributed by atoms with Gasteiger partial charge in [-0.2, -0.15) is 0 Å². The number of allylic oxidation sites excluding steroid dienone is 4. The first kappa shape index (κ1) is 12.5. The highest BCUT2D eigenvalue weighted by Crippen LogP contribution is 2.46. The van der Waals surface area contributed by atoms with Gasteiger partial charge in [0.1, 0.15) is 0 Å². The zero-order valence-electron chi connectivity index (χ0n) is 11.2. The van der Waals surface area contributed by atoms with Crippen molar-refractivity contribution in [1.82, 2.24) is 0 Å². The van der Waals surface area contributed by atoms with Crippen molar-refractivity contribution >= 4 is 0 Å². The minimum absolute atomic E-state index is 0.383. The lowest BCUT2D eigenvalue weighted by Gasteiger charge is -2.42. The third-order valence-corrected chi connectivity index (χ3v) is 4.12. The van der Waals surface area contributed by atoms with Gasteiger partial charge < -0.3 is 0 Å². The molecular formula is C15H26. The van der Waals surface area contributed by atoms with Crippen LogP contribution in [0.1, 0.15) is 48.0 Å². The van der Waals surface area contributed by atoms with Crippen molar-refractivity contribution in [2.45, 2.75) is 48.0 Å². The predicted molar refractivity (Wildman–Crippen MR) is 68.8 cm³/mol. The topological polar surface area (TPSA) is 0 Å². The van der Waals surface area contributed by atoms with Crippen molar-refractivity contribution in [1.29, 1.82) is 0 Å². The maximum absolute atomic E-state index is 2.44. The van der Waals surface area contributed by atoms with Gasteiger partial charge in [-0.1, -0.05) is 65.3 Å². The molecule has 1 aliphatic rings. The molecule has 0 aromatic carbocycles. The minimum Gasteiger partial charge on any atom is -0.0775 e. The Morgan fingerprint density at radius 3 is 1.93 bits per heavy atom. The first-order valence-electron chi connectivity index (χ1n) is 6.28. The molecule has 0 saturated heterocycles. The van der Waals surface area contributed by atoms with Gasteiger partial charge in [-0.15, -0.1) is 0 Å². The molecule has 86 valence electrons. The van der Waals surface area contributed by atoms with Crippen molar-refractivity contribution in [3.8, 4) is 0 Å². The molecule has 0 saturated carbocycles. The van der Waals surface area contributed by atoms with Crippen LogP contribution in [0, 0.1) is 23.2 Å². The van der Waals surface area contributed by atoms with Crippen molar-refractivity contribution in [2.75, 3.05) is 0 Å². The molecule has 0 heterocycles. The van der Waals surface area contributed by atoms with Gasteiger partial charge >= 0.3 is 0 Å². The van der Waals surface area contributed by atoms with Crippen LogP contribution in [0.3, 0.4) is 0 Å². The van der Waals surface area contributed by atoms with Crippen LogP contribution in [-0.4, -0.2) is 0 Å². The van der Waals surface area contributed by atoms with Crippen molar-refractivity contribution in [2.24, 2.45) is 23.2 Å². The van der Waals surface area contributed by atoms with Crippen LogP contribution >= 0.6 is 0 Å². The highest BCUT2D eigenvalue weighted by Gasteiger charge is 2.36. The van der Waals surface area contributed by atoms with Gasteiger partial charge in [0.15, 0.2) is 0 Å². The molecule has 1 rings (SSSR count). The molecule has 0 amide bonds. The van der Waals surface area contributed by atoms with Gasteiger partial charge in [0.05, 0.1) is 0 Å². The molecule has 0 heteroatoms. The summed E-state index contributed by atoms with van der Waals surface area (Å²) in [6.07, 6.45) is 8.28. The van der Waals surface area contributed by atoms with E-state index < -0.39 is 0 Å².